The van der Waals surface area contributed by atoms with Crippen LogP contribution in [0.4, 0.5) is 10.1 Å². The SMILES string of the molecule is CCC1(n2nnnc2-c2ccc(N)c(F)c2)CCC1. The van der Waals surface area contributed by atoms with Crippen molar-refractivity contribution in [1.82, 2.24) is 20.2 Å². The highest BCUT2D eigenvalue weighted by Crippen LogP contribution is 2.43. The fourth-order valence-electron chi connectivity index (χ4n) is 2.65. The molecule has 0 bridgehead atoms. The molecule has 2 N–H and O–H groups in total. The van der Waals surface area contributed by atoms with Gasteiger partial charge in [-0.15, -0.1) is 5.10 Å². The Hall–Kier alpha value is -1.98. The maximum absolute atomic E-state index is 13.6. The summed E-state index contributed by atoms with van der Waals surface area (Å²) >= 11 is 0. The summed E-state index contributed by atoms with van der Waals surface area (Å²) in [4.78, 5) is 0. The van der Waals surface area contributed by atoms with Crippen LogP contribution in [0.1, 0.15) is 32.6 Å². The van der Waals surface area contributed by atoms with Crippen LogP contribution in [0.5, 0.6) is 0 Å². The van der Waals surface area contributed by atoms with Crippen molar-refractivity contribution in [2.75, 3.05) is 5.73 Å². The summed E-state index contributed by atoms with van der Waals surface area (Å²) in [6.45, 7) is 2.13. The lowest BCUT2D eigenvalue weighted by Gasteiger charge is -2.41. The summed E-state index contributed by atoms with van der Waals surface area (Å²) < 4.78 is 15.4. The van der Waals surface area contributed by atoms with Gasteiger partial charge < -0.3 is 5.73 Å². The summed E-state index contributed by atoms with van der Waals surface area (Å²) in [5.74, 6) is 0.173. The molecule has 6 heteroatoms. The second-order valence-corrected chi connectivity index (χ2v) is 5.08. The molecule has 1 aromatic heterocycles. The van der Waals surface area contributed by atoms with Crippen LogP contribution >= 0.6 is 0 Å². The number of hydrogen-bond acceptors (Lipinski definition) is 4. The van der Waals surface area contributed by atoms with Crippen molar-refractivity contribution in [3.05, 3.63) is 24.0 Å². The lowest BCUT2D eigenvalue weighted by Crippen LogP contribution is -2.41. The van der Waals surface area contributed by atoms with E-state index in [1.54, 1.807) is 12.1 Å². The zero-order chi connectivity index (χ0) is 13.5. The number of tetrazole rings is 1. The van der Waals surface area contributed by atoms with Crippen LogP contribution in [-0.2, 0) is 5.54 Å². The minimum Gasteiger partial charge on any atom is -0.396 e. The minimum absolute atomic E-state index is 0.00328. The largest absolute Gasteiger partial charge is 0.396 e. The molecule has 2 aromatic rings. The van der Waals surface area contributed by atoms with Gasteiger partial charge in [-0.2, -0.15) is 0 Å². The summed E-state index contributed by atoms with van der Waals surface area (Å²) in [5, 5.41) is 11.9. The fourth-order valence-corrected chi connectivity index (χ4v) is 2.65. The Morgan fingerprint density at radius 2 is 2.21 bits per heavy atom. The quantitative estimate of drug-likeness (QED) is 0.861. The molecule has 0 saturated heterocycles. The Morgan fingerprint density at radius 3 is 2.79 bits per heavy atom. The molecule has 1 heterocycles. The zero-order valence-corrected chi connectivity index (χ0v) is 10.8. The summed E-state index contributed by atoms with van der Waals surface area (Å²) in [6, 6.07) is 4.69. The molecule has 19 heavy (non-hydrogen) atoms. The lowest BCUT2D eigenvalue weighted by molar-refractivity contribution is 0.118. The van der Waals surface area contributed by atoms with Crippen LogP contribution in [0, 0.1) is 5.82 Å². The fraction of sp³-hybridized carbons (Fsp3) is 0.462. The van der Waals surface area contributed by atoms with Crippen molar-refractivity contribution in [3.8, 4) is 11.4 Å². The van der Waals surface area contributed by atoms with Crippen LogP contribution in [0.15, 0.2) is 18.2 Å². The molecule has 100 valence electrons. The molecular weight excluding hydrogens is 245 g/mol. The number of halogens is 1. The van der Waals surface area contributed by atoms with E-state index < -0.39 is 5.82 Å². The van der Waals surface area contributed by atoms with Gasteiger partial charge in [-0.05, 0) is 54.3 Å². The van der Waals surface area contributed by atoms with E-state index in [0.29, 0.717) is 11.4 Å². The maximum Gasteiger partial charge on any atom is 0.182 e. The van der Waals surface area contributed by atoms with Crippen molar-refractivity contribution >= 4 is 5.69 Å². The Balaban J connectivity index is 2.06. The molecule has 1 saturated carbocycles. The summed E-state index contributed by atoms with van der Waals surface area (Å²) in [7, 11) is 0. The first-order valence-corrected chi connectivity index (χ1v) is 6.50. The Kier molecular flexibility index (Phi) is 2.73. The smallest absolute Gasteiger partial charge is 0.182 e. The second kappa shape index (κ2) is 4.29. The van der Waals surface area contributed by atoms with Crippen LogP contribution in [-0.4, -0.2) is 20.2 Å². The van der Waals surface area contributed by atoms with Gasteiger partial charge in [0, 0.05) is 5.56 Å². The van der Waals surface area contributed by atoms with E-state index in [1.807, 2.05) is 4.68 Å². The third-order valence-electron chi connectivity index (χ3n) is 4.12. The van der Waals surface area contributed by atoms with Crippen molar-refractivity contribution in [2.24, 2.45) is 0 Å². The normalized spacial score (nSPS) is 17.2. The van der Waals surface area contributed by atoms with Crippen molar-refractivity contribution < 1.29 is 4.39 Å². The lowest BCUT2D eigenvalue weighted by atomic mass is 9.75. The second-order valence-electron chi connectivity index (χ2n) is 5.08. The third kappa shape index (κ3) is 1.78. The molecule has 5 nitrogen and oxygen atoms in total. The first-order valence-electron chi connectivity index (χ1n) is 6.50. The molecule has 1 aromatic carbocycles. The highest BCUT2D eigenvalue weighted by Gasteiger charge is 2.40. The average molecular weight is 261 g/mol. The minimum atomic E-state index is -0.439. The molecule has 0 amide bonds. The molecule has 0 radical (unpaired) electrons. The van der Waals surface area contributed by atoms with Crippen LogP contribution in [0.2, 0.25) is 0 Å². The van der Waals surface area contributed by atoms with Gasteiger partial charge in [-0.3, -0.25) is 0 Å². The molecule has 0 aliphatic heterocycles. The van der Waals surface area contributed by atoms with E-state index in [4.69, 9.17) is 5.73 Å². The topological polar surface area (TPSA) is 69.6 Å². The monoisotopic (exact) mass is 261 g/mol. The Bertz CT molecular complexity index is 597. The first-order chi connectivity index (χ1) is 9.16. The Labute approximate surface area is 110 Å². The molecule has 0 atom stereocenters. The number of hydrogen-bond donors (Lipinski definition) is 1. The van der Waals surface area contributed by atoms with E-state index in [9.17, 15) is 4.39 Å². The van der Waals surface area contributed by atoms with E-state index in [-0.39, 0.29) is 11.2 Å². The van der Waals surface area contributed by atoms with Crippen molar-refractivity contribution in [3.63, 3.8) is 0 Å². The van der Waals surface area contributed by atoms with Gasteiger partial charge in [-0.25, -0.2) is 9.07 Å². The average Bonchev–Trinajstić information content (AvgIpc) is 2.82. The van der Waals surface area contributed by atoms with Gasteiger partial charge in [0.2, 0.25) is 0 Å². The molecule has 0 spiro atoms. The highest BCUT2D eigenvalue weighted by atomic mass is 19.1. The van der Waals surface area contributed by atoms with Crippen molar-refractivity contribution in [2.45, 2.75) is 38.1 Å². The number of anilines is 1. The number of nitrogens with two attached hydrogens (primary N) is 1. The van der Waals surface area contributed by atoms with Gasteiger partial charge >= 0.3 is 0 Å². The predicted molar refractivity (Wildman–Crippen MR) is 69.7 cm³/mol. The number of nitrogens with zero attached hydrogens (tertiary/aromatic N) is 4. The van der Waals surface area contributed by atoms with Gasteiger partial charge in [0.15, 0.2) is 5.82 Å². The van der Waals surface area contributed by atoms with Gasteiger partial charge in [0.25, 0.3) is 0 Å². The van der Waals surface area contributed by atoms with Crippen LogP contribution < -0.4 is 5.73 Å². The number of benzene rings is 1. The summed E-state index contributed by atoms with van der Waals surface area (Å²) in [5.41, 5.74) is 6.29. The highest BCUT2D eigenvalue weighted by molar-refractivity contribution is 5.59. The molecule has 1 aliphatic carbocycles. The standard InChI is InChI=1S/C13H16FN5/c1-2-13(6-3-7-13)19-12(16-17-18-19)9-4-5-11(15)10(14)8-9/h4-5,8H,2-3,6-7,15H2,1H3. The maximum atomic E-state index is 13.6. The van der Waals surface area contributed by atoms with E-state index in [1.165, 1.54) is 12.5 Å². The van der Waals surface area contributed by atoms with E-state index in [2.05, 4.69) is 22.4 Å². The predicted octanol–water partition coefficient (Wildman–Crippen LogP) is 2.35. The third-order valence-corrected chi connectivity index (χ3v) is 4.12. The van der Waals surface area contributed by atoms with E-state index in [0.717, 1.165) is 19.3 Å². The molecule has 1 fully saturated rings. The number of nitrogen functional groups attached to an aromatic ring is 1. The molecule has 1 aliphatic rings. The van der Waals surface area contributed by atoms with E-state index >= 15 is 0 Å². The van der Waals surface area contributed by atoms with Crippen molar-refractivity contribution in [1.29, 1.82) is 0 Å². The van der Waals surface area contributed by atoms with Gasteiger partial charge in [0.1, 0.15) is 5.82 Å². The van der Waals surface area contributed by atoms with Gasteiger partial charge in [-0.1, -0.05) is 6.92 Å². The molecule has 0 unspecified atom stereocenters. The van der Waals surface area contributed by atoms with Crippen LogP contribution in [0.3, 0.4) is 0 Å². The number of rotatable bonds is 3. The molecular formula is C13H16FN5. The first kappa shape index (κ1) is 12.1. The van der Waals surface area contributed by atoms with Gasteiger partial charge in [0.05, 0.1) is 11.2 Å². The number of aromatic nitrogens is 4. The van der Waals surface area contributed by atoms with Crippen LogP contribution in [0.25, 0.3) is 11.4 Å². The Morgan fingerprint density at radius 1 is 1.42 bits per heavy atom. The molecule has 3 rings (SSSR count). The summed E-state index contributed by atoms with van der Waals surface area (Å²) in [6.07, 6.45) is 4.30. The zero-order valence-electron chi connectivity index (χ0n) is 10.8.